The van der Waals surface area contributed by atoms with Gasteiger partial charge in [-0.2, -0.15) is 0 Å². The molecular weight excluding hydrogens is 218 g/mol. The summed E-state index contributed by atoms with van der Waals surface area (Å²) in [6.45, 7) is 8.13. The highest BCUT2D eigenvalue weighted by atomic mass is 32.2. The van der Waals surface area contributed by atoms with Crippen molar-refractivity contribution in [2.24, 2.45) is 0 Å². The molecule has 0 aliphatic heterocycles. The summed E-state index contributed by atoms with van der Waals surface area (Å²) in [5, 5.41) is 11.2. The smallest absolute Gasteiger partial charge is 0.0966 e. The molecule has 0 unspecified atom stereocenters. The van der Waals surface area contributed by atoms with Gasteiger partial charge in [-0.25, -0.2) is 4.98 Å². The van der Waals surface area contributed by atoms with Crippen LogP contribution in [0.1, 0.15) is 37.9 Å². The molecule has 0 saturated carbocycles. The number of hydrogen-bond donors (Lipinski definition) is 1. The Morgan fingerprint density at radius 3 is 2.38 bits per heavy atom. The first-order valence-corrected chi connectivity index (χ1v) is 6.78. The summed E-state index contributed by atoms with van der Waals surface area (Å²) in [5.41, 5.74) is 1.72. The van der Waals surface area contributed by atoms with Crippen molar-refractivity contribution in [3.05, 3.63) is 23.4 Å². The number of hydrogen-bond acceptors (Lipinski definition) is 3. The van der Waals surface area contributed by atoms with Crippen molar-refractivity contribution in [2.75, 3.05) is 5.75 Å². The maximum atomic E-state index is 10.2. The molecule has 16 heavy (non-hydrogen) atoms. The molecule has 1 rings (SSSR count). The van der Waals surface area contributed by atoms with Crippen molar-refractivity contribution in [1.82, 2.24) is 4.98 Å². The van der Waals surface area contributed by atoms with Gasteiger partial charge in [0.25, 0.3) is 0 Å². The van der Waals surface area contributed by atoms with Crippen LogP contribution >= 0.6 is 11.8 Å². The van der Waals surface area contributed by atoms with E-state index in [4.69, 9.17) is 0 Å². The number of pyridine rings is 1. The second kappa shape index (κ2) is 5.69. The molecule has 0 atom stereocenters. The van der Waals surface area contributed by atoms with Gasteiger partial charge >= 0.3 is 0 Å². The maximum Gasteiger partial charge on any atom is 0.0966 e. The molecule has 0 fully saturated rings. The molecule has 0 spiro atoms. The van der Waals surface area contributed by atoms with Crippen molar-refractivity contribution in [1.29, 1.82) is 0 Å². The molecule has 1 aromatic rings. The van der Waals surface area contributed by atoms with Gasteiger partial charge in [-0.15, -0.1) is 11.8 Å². The molecule has 0 aromatic carbocycles. The first-order valence-electron chi connectivity index (χ1n) is 5.79. The third-order valence-electron chi connectivity index (χ3n) is 2.88. The average molecular weight is 239 g/mol. The van der Waals surface area contributed by atoms with Crippen LogP contribution < -0.4 is 0 Å². The van der Waals surface area contributed by atoms with E-state index in [1.54, 1.807) is 11.8 Å². The van der Waals surface area contributed by atoms with Crippen molar-refractivity contribution < 1.29 is 5.11 Å². The summed E-state index contributed by atoms with van der Waals surface area (Å²) < 4.78 is 0. The molecule has 0 amide bonds. The molecular formula is C13H21NOS. The van der Waals surface area contributed by atoms with Gasteiger partial charge in [-0.1, -0.05) is 13.8 Å². The minimum Gasteiger partial charge on any atom is -0.389 e. The second-order valence-corrected chi connectivity index (χ2v) is 5.34. The van der Waals surface area contributed by atoms with Crippen molar-refractivity contribution in [2.45, 2.75) is 51.2 Å². The molecule has 0 bridgehead atoms. The lowest BCUT2D eigenvalue weighted by Crippen LogP contribution is -2.29. The Labute approximate surface area is 102 Å². The van der Waals surface area contributed by atoms with E-state index in [2.05, 4.69) is 24.0 Å². The Kier molecular flexibility index (Phi) is 4.81. The molecule has 1 heterocycles. The Hall–Kier alpha value is -0.540. The third-order valence-corrected chi connectivity index (χ3v) is 4.07. The van der Waals surface area contributed by atoms with E-state index in [0.717, 1.165) is 29.3 Å². The van der Waals surface area contributed by atoms with Crippen LogP contribution in [-0.4, -0.2) is 21.4 Å². The number of aryl methyl sites for hydroxylation is 2. The number of aliphatic hydroxyl groups is 1. The molecule has 90 valence electrons. The Balaban J connectivity index is 2.67. The van der Waals surface area contributed by atoms with Gasteiger partial charge in [0, 0.05) is 11.4 Å². The fourth-order valence-electron chi connectivity index (χ4n) is 1.54. The van der Waals surface area contributed by atoms with E-state index in [1.807, 2.05) is 20.8 Å². The lowest BCUT2D eigenvalue weighted by atomic mass is 10.0. The topological polar surface area (TPSA) is 33.1 Å². The molecule has 0 aliphatic rings. The van der Waals surface area contributed by atoms with Crippen molar-refractivity contribution in [3.8, 4) is 0 Å². The van der Waals surface area contributed by atoms with Crippen LogP contribution in [0.5, 0.6) is 0 Å². The van der Waals surface area contributed by atoms with Crippen LogP contribution in [-0.2, 0) is 0 Å². The predicted octanol–water partition coefficient (Wildman–Crippen LogP) is 3.34. The van der Waals surface area contributed by atoms with Crippen LogP contribution in [0.3, 0.4) is 0 Å². The zero-order chi connectivity index (χ0) is 12.2. The van der Waals surface area contributed by atoms with E-state index < -0.39 is 5.60 Å². The van der Waals surface area contributed by atoms with Gasteiger partial charge in [-0.05, 0) is 44.4 Å². The van der Waals surface area contributed by atoms with Gasteiger partial charge < -0.3 is 5.11 Å². The highest BCUT2D eigenvalue weighted by molar-refractivity contribution is 7.99. The van der Waals surface area contributed by atoms with Crippen LogP contribution in [0, 0.1) is 13.8 Å². The number of aromatic nitrogens is 1. The Bertz CT molecular complexity index is 328. The summed E-state index contributed by atoms with van der Waals surface area (Å²) in [6.07, 6.45) is 1.59. The summed E-state index contributed by atoms with van der Waals surface area (Å²) in [7, 11) is 0. The minimum absolute atomic E-state index is 0.552. The van der Waals surface area contributed by atoms with E-state index >= 15 is 0 Å². The van der Waals surface area contributed by atoms with Crippen molar-refractivity contribution >= 4 is 11.8 Å². The molecule has 2 nitrogen and oxygen atoms in total. The summed E-state index contributed by atoms with van der Waals surface area (Å²) in [5.74, 6) is 0.718. The van der Waals surface area contributed by atoms with E-state index in [0.29, 0.717) is 0 Å². The first kappa shape index (κ1) is 13.5. The standard InChI is InChI=1S/C13H21NOS/c1-5-13(15,6-2)9-16-12-8-10(3)7-11(4)14-12/h7-8,15H,5-6,9H2,1-4H3. The fourth-order valence-corrected chi connectivity index (χ4v) is 2.84. The quantitative estimate of drug-likeness (QED) is 0.800. The summed E-state index contributed by atoms with van der Waals surface area (Å²) in [6, 6.07) is 4.14. The van der Waals surface area contributed by atoms with Crippen LogP contribution in [0.15, 0.2) is 17.2 Å². The highest BCUT2D eigenvalue weighted by Crippen LogP contribution is 2.26. The molecule has 0 radical (unpaired) electrons. The third kappa shape index (κ3) is 3.80. The summed E-state index contributed by atoms with van der Waals surface area (Å²) >= 11 is 1.64. The minimum atomic E-state index is -0.552. The number of thioether (sulfide) groups is 1. The van der Waals surface area contributed by atoms with Gasteiger partial charge in [0.05, 0.1) is 10.6 Å². The zero-order valence-corrected chi connectivity index (χ0v) is 11.4. The van der Waals surface area contributed by atoms with Crippen LogP contribution in [0.2, 0.25) is 0 Å². The second-order valence-electron chi connectivity index (χ2n) is 4.34. The van der Waals surface area contributed by atoms with Gasteiger partial charge in [0.15, 0.2) is 0 Å². The molecule has 0 aliphatic carbocycles. The Morgan fingerprint density at radius 2 is 1.88 bits per heavy atom. The fraction of sp³-hybridized carbons (Fsp3) is 0.615. The SMILES string of the molecule is CCC(O)(CC)CSc1cc(C)cc(C)n1. The first-order chi connectivity index (χ1) is 7.49. The average Bonchev–Trinajstić information content (AvgIpc) is 2.25. The van der Waals surface area contributed by atoms with Crippen molar-refractivity contribution in [3.63, 3.8) is 0 Å². The van der Waals surface area contributed by atoms with Gasteiger partial charge in [0.2, 0.25) is 0 Å². The Morgan fingerprint density at radius 1 is 1.25 bits per heavy atom. The molecule has 0 saturated heterocycles. The van der Waals surface area contributed by atoms with Gasteiger partial charge in [0.1, 0.15) is 0 Å². The van der Waals surface area contributed by atoms with Crippen LogP contribution in [0.4, 0.5) is 0 Å². The van der Waals surface area contributed by atoms with E-state index in [1.165, 1.54) is 5.56 Å². The molecule has 1 N–H and O–H groups in total. The maximum absolute atomic E-state index is 10.2. The lowest BCUT2D eigenvalue weighted by Gasteiger charge is -2.24. The lowest BCUT2D eigenvalue weighted by molar-refractivity contribution is 0.0571. The van der Waals surface area contributed by atoms with E-state index in [9.17, 15) is 5.11 Å². The largest absolute Gasteiger partial charge is 0.389 e. The number of nitrogens with zero attached hydrogens (tertiary/aromatic N) is 1. The molecule has 3 heteroatoms. The van der Waals surface area contributed by atoms with Crippen LogP contribution in [0.25, 0.3) is 0 Å². The predicted molar refractivity (Wildman–Crippen MR) is 70.0 cm³/mol. The number of rotatable bonds is 5. The van der Waals surface area contributed by atoms with E-state index in [-0.39, 0.29) is 0 Å². The highest BCUT2D eigenvalue weighted by Gasteiger charge is 2.22. The zero-order valence-electron chi connectivity index (χ0n) is 10.6. The monoisotopic (exact) mass is 239 g/mol. The molecule has 1 aromatic heterocycles. The summed E-state index contributed by atoms with van der Waals surface area (Å²) in [4.78, 5) is 4.46. The normalized spacial score (nSPS) is 11.8. The van der Waals surface area contributed by atoms with Gasteiger partial charge in [-0.3, -0.25) is 0 Å².